The van der Waals surface area contributed by atoms with Crippen LogP contribution in [0.4, 0.5) is 0 Å². The highest BCUT2D eigenvalue weighted by atomic mass is 15.3. The number of aromatic nitrogens is 3. The van der Waals surface area contributed by atoms with E-state index in [4.69, 9.17) is 0 Å². The monoisotopic (exact) mass is 256 g/mol. The van der Waals surface area contributed by atoms with Gasteiger partial charge in [0.15, 0.2) is 0 Å². The maximum absolute atomic E-state index is 4.55. The van der Waals surface area contributed by atoms with E-state index in [1.807, 2.05) is 35.4 Å². The fraction of sp³-hybridized carbons (Fsp3) is 0.467. The molecule has 2 aromatic rings. The van der Waals surface area contributed by atoms with E-state index in [-0.39, 0.29) is 0 Å². The molecule has 0 saturated heterocycles. The minimum atomic E-state index is 0.451. The van der Waals surface area contributed by atoms with Gasteiger partial charge in [-0.3, -0.25) is 4.98 Å². The molecule has 4 heteroatoms. The zero-order valence-electron chi connectivity index (χ0n) is 11.5. The first-order chi connectivity index (χ1) is 9.25. The smallest absolute Gasteiger partial charge is 0.0679 e. The number of rotatable bonds is 5. The summed E-state index contributed by atoms with van der Waals surface area (Å²) in [6, 6.07) is 4.72. The molecule has 2 heterocycles. The molecular formula is C15H20N4. The van der Waals surface area contributed by atoms with Crippen LogP contribution in [0.1, 0.15) is 43.9 Å². The molecule has 4 nitrogen and oxygen atoms in total. The van der Waals surface area contributed by atoms with Crippen LogP contribution >= 0.6 is 0 Å². The molecule has 1 fully saturated rings. The summed E-state index contributed by atoms with van der Waals surface area (Å²) in [4.78, 5) is 4.07. The van der Waals surface area contributed by atoms with E-state index >= 15 is 0 Å². The molecule has 0 aliphatic heterocycles. The SMILES string of the molecule is CC(C)c1c(CNC2CC2)cnn1-c1ccncc1. The highest BCUT2D eigenvalue weighted by Gasteiger charge is 2.22. The predicted molar refractivity (Wildman–Crippen MR) is 75.3 cm³/mol. The van der Waals surface area contributed by atoms with Gasteiger partial charge in [0.1, 0.15) is 0 Å². The van der Waals surface area contributed by atoms with Crippen molar-refractivity contribution in [3.05, 3.63) is 42.0 Å². The van der Waals surface area contributed by atoms with Gasteiger partial charge in [-0.1, -0.05) is 13.8 Å². The molecule has 1 N–H and O–H groups in total. The zero-order valence-corrected chi connectivity index (χ0v) is 11.5. The van der Waals surface area contributed by atoms with E-state index in [0.29, 0.717) is 5.92 Å². The average Bonchev–Trinajstić information content (AvgIpc) is 3.15. The molecule has 0 bridgehead atoms. The minimum Gasteiger partial charge on any atom is -0.310 e. The van der Waals surface area contributed by atoms with Gasteiger partial charge >= 0.3 is 0 Å². The lowest BCUT2D eigenvalue weighted by atomic mass is 10.1. The molecule has 3 rings (SSSR count). The molecule has 19 heavy (non-hydrogen) atoms. The molecule has 0 atom stereocenters. The zero-order chi connectivity index (χ0) is 13.2. The molecule has 0 amide bonds. The lowest BCUT2D eigenvalue weighted by Crippen LogP contribution is -2.17. The molecule has 0 radical (unpaired) electrons. The predicted octanol–water partition coefficient (Wildman–Crippen LogP) is 2.64. The largest absolute Gasteiger partial charge is 0.310 e. The third-order valence-electron chi connectivity index (χ3n) is 3.50. The van der Waals surface area contributed by atoms with Crippen molar-refractivity contribution in [2.45, 2.75) is 45.2 Å². The normalized spacial score (nSPS) is 15.1. The Morgan fingerprint density at radius 2 is 2.05 bits per heavy atom. The standard InChI is InChI=1S/C15H20N4/c1-11(2)15-12(9-17-13-3-4-13)10-18-19(15)14-5-7-16-8-6-14/h5-8,10-11,13,17H,3-4,9H2,1-2H3. The minimum absolute atomic E-state index is 0.451. The van der Waals surface area contributed by atoms with Gasteiger partial charge < -0.3 is 5.32 Å². The first kappa shape index (κ1) is 12.4. The summed E-state index contributed by atoms with van der Waals surface area (Å²) in [7, 11) is 0. The molecule has 100 valence electrons. The van der Waals surface area contributed by atoms with E-state index < -0.39 is 0 Å². The Kier molecular flexibility index (Phi) is 3.34. The first-order valence-corrected chi connectivity index (χ1v) is 6.96. The van der Waals surface area contributed by atoms with Crippen LogP contribution in [0.3, 0.4) is 0 Å². The quantitative estimate of drug-likeness (QED) is 0.894. The van der Waals surface area contributed by atoms with Crippen LogP contribution in [0.25, 0.3) is 5.69 Å². The first-order valence-electron chi connectivity index (χ1n) is 6.96. The Labute approximate surface area is 113 Å². The van der Waals surface area contributed by atoms with Crippen LogP contribution in [0, 0.1) is 0 Å². The molecule has 1 saturated carbocycles. The summed E-state index contributed by atoms with van der Waals surface area (Å²) in [5, 5.41) is 8.12. The topological polar surface area (TPSA) is 42.7 Å². The highest BCUT2D eigenvalue weighted by Crippen LogP contribution is 2.24. The van der Waals surface area contributed by atoms with E-state index in [2.05, 4.69) is 29.2 Å². The number of nitrogens with one attached hydrogen (secondary N) is 1. The van der Waals surface area contributed by atoms with Crippen molar-refractivity contribution in [3.8, 4) is 5.69 Å². The van der Waals surface area contributed by atoms with Gasteiger partial charge in [0, 0.05) is 30.5 Å². The average molecular weight is 256 g/mol. The number of hydrogen-bond acceptors (Lipinski definition) is 3. The van der Waals surface area contributed by atoms with E-state index in [1.54, 1.807) is 0 Å². The molecule has 2 aromatic heterocycles. The third kappa shape index (κ3) is 2.68. The van der Waals surface area contributed by atoms with Crippen LogP contribution < -0.4 is 5.32 Å². The number of nitrogens with zero attached hydrogens (tertiary/aromatic N) is 3. The maximum atomic E-state index is 4.55. The van der Waals surface area contributed by atoms with Crippen molar-refractivity contribution in [2.75, 3.05) is 0 Å². The van der Waals surface area contributed by atoms with Crippen LogP contribution in [-0.4, -0.2) is 20.8 Å². The van der Waals surface area contributed by atoms with Crippen molar-refractivity contribution in [1.29, 1.82) is 0 Å². The Hall–Kier alpha value is -1.68. The second kappa shape index (κ2) is 5.13. The summed E-state index contributed by atoms with van der Waals surface area (Å²) in [5.41, 5.74) is 3.68. The van der Waals surface area contributed by atoms with Crippen LogP contribution in [0.2, 0.25) is 0 Å². The van der Waals surface area contributed by atoms with Crippen molar-refractivity contribution < 1.29 is 0 Å². The van der Waals surface area contributed by atoms with Crippen LogP contribution in [-0.2, 0) is 6.54 Å². The van der Waals surface area contributed by atoms with E-state index in [1.165, 1.54) is 24.1 Å². The Morgan fingerprint density at radius 3 is 2.68 bits per heavy atom. The summed E-state index contributed by atoms with van der Waals surface area (Å²) in [5.74, 6) is 0.451. The molecule has 1 aliphatic rings. The number of pyridine rings is 1. The van der Waals surface area contributed by atoms with Crippen molar-refractivity contribution in [2.24, 2.45) is 0 Å². The Balaban J connectivity index is 1.91. The second-order valence-electron chi connectivity index (χ2n) is 5.48. The molecule has 0 unspecified atom stereocenters. The Morgan fingerprint density at radius 1 is 1.32 bits per heavy atom. The second-order valence-corrected chi connectivity index (χ2v) is 5.48. The maximum Gasteiger partial charge on any atom is 0.0679 e. The van der Waals surface area contributed by atoms with Gasteiger partial charge in [0.25, 0.3) is 0 Å². The van der Waals surface area contributed by atoms with Gasteiger partial charge in [-0.25, -0.2) is 4.68 Å². The van der Waals surface area contributed by atoms with E-state index in [0.717, 1.165) is 18.3 Å². The summed E-state index contributed by atoms with van der Waals surface area (Å²) in [6.45, 7) is 5.36. The fourth-order valence-electron chi connectivity index (χ4n) is 2.38. The molecule has 0 aromatic carbocycles. The third-order valence-corrected chi connectivity index (χ3v) is 3.50. The van der Waals surface area contributed by atoms with Gasteiger partial charge in [-0.2, -0.15) is 5.10 Å². The van der Waals surface area contributed by atoms with Crippen molar-refractivity contribution in [3.63, 3.8) is 0 Å². The van der Waals surface area contributed by atoms with Crippen LogP contribution in [0.15, 0.2) is 30.7 Å². The molecule has 1 aliphatic carbocycles. The number of hydrogen-bond donors (Lipinski definition) is 1. The van der Waals surface area contributed by atoms with Gasteiger partial charge in [-0.15, -0.1) is 0 Å². The summed E-state index contributed by atoms with van der Waals surface area (Å²) < 4.78 is 2.04. The molecule has 0 spiro atoms. The lowest BCUT2D eigenvalue weighted by Gasteiger charge is -2.13. The van der Waals surface area contributed by atoms with Crippen molar-refractivity contribution in [1.82, 2.24) is 20.1 Å². The summed E-state index contributed by atoms with van der Waals surface area (Å²) >= 11 is 0. The van der Waals surface area contributed by atoms with Crippen LogP contribution in [0.5, 0.6) is 0 Å². The van der Waals surface area contributed by atoms with Crippen molar-refractivity contribution >= 4 is 0 Å². The summed E-state index contributed by atoms with van der Waals surface area (Å²) in [6.07, 6.45) is 8.24. The molecular weight excluding hydrogens is 236 g/mol. The van der Waals surface area contributed by atoms with Gasteiger partial charge in [0.2, 0.25) is 0 Å². The Bertz CT molecular complexity index is 541. The highest BCUT2D eigenvalue weighted by molar-refractivity contribution is 5.34. The fourth-order valence-corrected chi connectivity index (χ4v) is 2.38. The van der Waals surface area contributed by atoms with Gasteiger partial charge in [0.05, 0.1) is 17.6 Å². The van der Waals surface area contributed by atoms with Gasteiger partial charge in [-0.05, 0) is 30.9 Å². The van der Waals surface area contributed by atoms with E-state index in [9.17, 15) is 0 Å². The lowest BCUT2D eigenvalue weighted by molar-refractivity contribution is 0.665.